The van der Waals surface area contributed by atoms with E-state index in [1.54, 1.807) is 12.5 Å². The number of hydrogen-bond acceptors (Lipinski definition) is 6. The summed E-state index contributed by atoms with van der Waals surface area (Å²) in [6.07, 6.45) is 0.447. The minimum Gasteiger partial charge on any atom is -0.493 e. The Hall–Kier alpha value is -2.61. The molecule has 0 radical (unpaired) electrons. The Morgan fingerprint density at radius 1 is 1.11 bits per heavy atom. The Kier molecular flexibility index (Phi) is 7.80. The molecule has 0 atom stereocenters. The van der Waals surface area contributed by atoms with E-state index in [1.807, 2.05) is 45.0 Å². The summed E-state index contributed by atoms with van der Waals surface area (Å²) in [5.74, 6) is 0.971. The highest BCUT2D eigenvalue weighted by Gasteiger charge is 2.16. The molecule has 28 heavy (non-hydrogen) atoms. The van der Waals surface area contributed by atoms with Crippen LogP contribution in [0.4, 0.5) is 0 Å². The van der Waals surface area contributed by atoms with E-state index in [9.17, 15) is 9.59 Å². The molecule has 0 unspecified atom stereocenters. The Morgan fingerprint density at radius 3 is 2.46 bits per heavy atom. The smallest absolute Gasteiger partial charge is 0.270 e. The molecule has 0 bridgehead atoms. The fourth-order valence-corrected chi connectivity index (χ4v) is 3.06. The van der Waals surface area contributed by atoms with Crippen molar-refractivity contribution in [2.45, 2.75) is 33.8 Å². The van der Waals surface area contributed by atoms with Crippen molar-refractivity contribution in [2.75, 3.05) is 20.2 Å². The molecule has 0 aliphatic carbocycles. The third-order valence-corrected chi connectivity index (χ3v) is 4.45. The molecule has 0 aliphatic rings. The minimum absolute atomic E-state index is 0.0221. The Bertz CT molecular complexity index is 799. The number of hydrogen-bond donors (Lipinski definition) is 2. The summed E-state index contributed by atoms with van der Waals surface area (Å²) in [4.78, 5) is 28.2. The number of amides is 2. The first kappa shape index (κ1) is 21.7. The summed E-state index contributed by atoms with van der Waals surface area (Å²) in [6, 6.07) is 7.35. The molecule has 8 heteroatoms. The van der Waals surface area contributed by atoms with Gasteiger partial charge in [-0.3, -0.25) is 9.59 Å². The van der Waals surface area contributed by atoms with Crippen LogP contribution in [0.1, 0.15) is 42.7 Å². The molecule has 152 valence electrons. The van der Waals surface area contributed by atoms with Crippen LogP contribution in [-0.4, -0.2) is 37.0 Å². The maximum Gasteiger partial charge on any atom is 0.270 e. The van der Waals surface area contributed by atoms with Crippen molar-refractivity contribution in [2.24, 2.45) is 5.41 Å². The van der Waals surface area contributed by atoms with Gasteiger partial charge in [0.05, 0.1) is 7.11 Å². The van der Waals surface area contributed by atoms with Gasteiger partial charge in [-0.05, 0) is 17.5 Å². The van der Waals surface area contributed by atoms with E-state index < -0.39 is 0 Å². The van der Waals surface area contributed by atoms with Crippen LogP contribution < -0.4 is 20.1 Å². The van der Waals surface area contributed by atoms with Gasteiger partial charge in [-0.2, -0.15) is 0 Å². The van der Waals surface area contributed by atoms with E-state index >= 15 is 0 Å². The van der Waals surface area contributed by atoms with E-state index in [4.69, 9.17) is 9.47 Å². The summed E-state index contributed by atoms with van der Waals surface area (Å²) in [5.41, 5.74) is 0.278. The van der Waals surface area contributed by atoms with Crippen LogP contribution in [0.5, 0.6) is 11.5 Å². The molecule has 0 saturated heterocycles. The highest BCUT2D eigenvalue weighted by atomic mass is 32.1. The topological polar surface area (TPSA) is 89.6 Å². The van der Waals surface area contributed by atoms with Crippen molar-refractivity contribution in [1.29, 1.82) is 0 Å². The number of rotatable bonds is 9. The van der Waals surface area contributed by atoms with Crippen molar-refractivity contribution >= 4 is 23.2 Å². The predicted octanol–water partition coefficient (Wildman–Crippen LogP) is 3.01. The molecule has 1 aromatic carbocycles. The predicted molar refractivity (Wildman–Crippen MR) is 109 cm³/mol. The number of methoxy groups -OCH3 is 1. The zero-order chi connectivity index (χ0) is 20.6. The first-order valence-corrected chi connectivity index (χ1v) is 9.91. The number of para-hydroxylation sites is 2. The Morgan fingerprint density at radius 2 is 1.79 bits per heavy atom. The number of nitrogens with one attached hydrogen (secondary N) is 2. The molecule has 1 heterocycles. The zero-order valence-corrected chi connectivity index (χ0v) is 17.5. The van der Waals surface area contributed by atoms with Crippen LogP contribution in [-0.2, 0) is 11.4 Å². The summed E-state index contributed by atoms with van der Waals surface area (Å²) in [5, 5.41) is 7.93. The number of ether oxygens (including phenoxy) is 2. The lowest BCUT2D eigenvalue weighted by Crippen LogP contribution is -2.36. The van der Waals surface area contributed by atoms with Gasteiger partial charge in [0.25, 0.3) is 5.91 Å². The summed E-state index contributed by atoms with van der Waals surface area (Å²) >= 11 is 1.35. The molecule has 1 aromatic heterocycles. The number of carbonyl (C=O) groups excluding carboxylic acids is 2. The normalized spacial score (nSPS) is 11.0. The molecule has 0 saturated carbocycles. The molecule has 2 amide bonds. The molecular weight excluding hydrogens is 378 g/mol. The largest absolute Gasteiger partial charge is 0.493 e. The number of thiazole rings is 1. The van der Waals surface area contributed by atoms with Crippen LogP contribution in [0, 0.1) is 5.41 Å². The fourth-order valence-electron chi connectivity index (χ4n) is 2.37. The van der Waals surface area contributed by atoms with E-state index in [1.165, 1.54) is 11.3 Å². The Balaban J connectivity index is 1.75. The second kappa shape index (κ2) is 10.1. The van der Waals surface area contributed by atoms with Crippen molar-refractivity contribution < 1.29 is 19.1 Å². The van der Waals surface area contributed by atoms with Crippen molar-refractivity contribution in [1.82, 2.24) is 15.6 Å². The van der Waals surface area contributed by atoms with Gasteiger partial charge in [0, 0.05) is 24.9 Å². The first-order valence-electron chi connectivity index (χ1n) is 9.03. The van der Waals surface area contributed by atoms with Crippen molar-refractivity contribution in [3.8, 4) is 11.5 Å². The maximum absolute atomic E-state index is 12.2. The number of nitrogens with zero attached hydrogens (tertiary/aromatic N) is 1. The van der Waals surface area contributed by atoms with Crippen LogP contribution in [0.2, 0.25) is 0 Å². The maximum atomic E-state index is 12.2. The highest BCUT2D eigenvalue weighted by molar-refractivity contribution is 7.09. The molecule has 7 nitrogen and oxygen atoms in total. The van der Waals surface area contributed by atoms with Crippen LogP contribution in [0.25, 0.3) is 0 Å². The first-order chi connectivity index (χ1) is 13.3. The Labute approximate surface area is 169 Å². The quantitative estimate of drug-likeness (QED) is 0.626. The van der Waals surface area contributed by atoms with Crippen LogP contribution in [0.15, 0.2) is 29.6 Å². The average Bonchev–Trinajstić information content (AvgIpc) is 3.11. The third kappa shape index (κ3) is 7.19. The summed E-state index contributed by atoms with van der Waals surface area (Å²) < 4.78 is 11.0. The van der Waals surface area contributed by atoms with Crippen LogP contribution in [0.3, 0.4) is 0 Å². The molecule has 2 aromatic rings. The SMILES string of the molecule is COc1ccccc1OCc1nc(C(=O)NCCNC(=O)CC(C)(C)C)cs1. The van der Waals surface area contributed by atoms with E-state index in [0.717, 1.165) is 0 Å². The van der Waals surface area contributed by atoms with Crippen molar-refractivity contribution in [3.63, 3.8) is 0 Å². The lowest BCUT2D eigenvalue weighted by Gasteiger charge is -2.17. The van der Waals surface area contributed by atoms with Crippen molar-refractivity contribution in [3.05, 3.63) is 40.3 Å². The lowest BCUT2D eigenvalue weighted by molar-refractivity contribution is -0.122. The highest BCUT2D eigenvalue weighted by Crippen LogP contribution is 2.27. The third-order valence-electron chi connectivity index (χ3n) is 3.63. The van der Waals surface area contributed by atoms with Gasteiger partial charge in [-0.15, -0.1) is 11.3 Å². The van der Waals surface area contributed by atoms with Gasteiger partial charge in [-0.25, -0.2) is 4.98 Å². The molecule has 0 spiro atoms. The monoisotopic (exact) mass is 405 g/mol. The van der Waals surface area contributed by atoms with Gasteiger partial charge in [0.15, 0.2) is 11.5 Å². The van der Waals surface area contributed by atoms with Crippen LogP contribution >= 0.6 is 11.3 Å². The van der Waals surface area contributed by atoms with Gasteiger partial charge in [0.2, 0.25) is 5.91 Å². The molecule has 2 N–H and O–H groups in total. The second-order valence-corrected chi connectivity index (χ2v) is 8.35. The number of aromatic nitrogens is 1. The minimum atomic E-state index is -0.273. The van der Waals surface area contributed by atoms with E-state index in [-0.39, 0.29) is 23.8 Å². The molecular formula is C20H27N3O4S. The molecule has 0 aliphatic heterocycles. The number of carbonyl (C=O) groups is 2. The zero-order valence-electron chi connectivity index (χ0n) is 16.7. The molecule has 0 fully saturated rings. The average molecular weight is 406 g/mol. The van der Waals surface area contributed by atoms with Gasteiger partial charge in [-0.1, -0.05) is 32.9 Å². The van der Waals surface area contributed by atoms with Gasteiger partial charge in [0.1, 0.15) is 17.3 Å². The van der Waals surface area contributed by atoms with E-state index in [2.05, 4.69) is 15.6 Å². The lowest BCUT2D eigenvalue weighted by atomic mass is 9.92. The van der Waals surface area contributed by atoms with Gasteiger partial charge >= 0.3 is 0 Å². The standard InChI is InChI=1S/C20H27N3O4S/c1-20(2,3)11-17(24)21-9-10-22-19(25)14-13-28-18(23-14)12-27-16-8-6-5-7-15(16)26-4/h5-8,13H,9-12H2,1-4H3,(H,21,24)(H,22,25). The van der Waals surface area contributed by atoms with E-state index in [0.29, 0.717) is 41.7 Å². The van der Waals surface area contributed by atoms with Gasteiger partial charge < -0.3 is 20.1 Å². The summed E-state index contributed by atoms with van der Waals surface area (Å²) in [6.45, 7) is 7.00. The fraction of sp³-hybridized carbons (Fsp3) is 0.450. The molecule has 2 rings (SSSR count). The second-order valence-electron chi connectivity index (χ2n) is 7.41. The summed E-state index contributed by atoms with van der Waals surface area (Å²) in [7, 11) is 1.58. The number of benzene rings is 1.